The number of benzene rings is 1. The molecule has 0 spiro atoms. The lowest BCUT2D eigenvalue weighted by Crippen LogP contribution is -2.14. The minimum atomic E-state index is -0.377. The van der Waals surface area contributed by atoms with Crippen LogP contribution in [0, 0.1) is 0 Å². The zero-order valence-corrected chi connectivity index (χ0v) is 11.6. The molecular formula is C15H11ClN4O. The first-order valence-corrected chi connectivity index (χ1v) is 6.59. The van der Waals surface area contributed by atoms with Crippen molar-refractivity contribution in [1.29, 1.82) is 0 Å². The minimum absolute atomic E-state index is 0.106. The fourth-order valence-electron chi connectivity index (χ4n) is 2.02. The average Bonchev–Trinajstić information content (AvgIpc) is 2.50. The van der Waals surface area contributed by atoms with Gasteiger partial charge in [0.15, 0.2) is 0 Å². The monoisotopic (exact) mass is 298 g/mol. The quantitative estimate of drug-likeness (QED) is 0.712. The highest BCUT2D eigenvalue weighted by Gasteiger charge is 2.13. The number of nitrogens with two attached hydrogens (primary N) is 1. The van der Waals surface area contributed by atoms with Crippen molar-refractivity contribution in [3.8, 4) is 0 Å². The van der Waals surface area contributed by atoms with Crippen molar-refractivity contribution in [3.63, 3.8) is 0 Å². The van der Waals surface area contributed by atoms with E-state index in [4.69, 9.17) is 17.3 Å². The van der Waals surface area contributed by atoms with Gasteiger partial charge in [-0.25, -0.2) is 4.98 Å². The summed E-state index contributed by atoms with van der Waals surface area (Å²) in [6.07, 6.45) is 3.08. The van der Waals surface area contributed by atoms with Gasteiger partial charge in [0, 0.05) is 11.6 Å². The Morgan fingerprint density at radius 2 is 2.00 bits per heavy atom. The van der Waals surface area contributed by atoms with Crippen molar-refractivity contribution < 1.29 is 4.79 Å². The summed E-state index contributed by atoms with van der Waals surface area (Å²) in [6.45, 7) is 0. The zero-order valence-electron chi connectivity index (χ0n) is 10.9. The van der Waals surface area contributed by atoms with Crippen LogP contribution in [0.2, 0.25) is 5.15 Å². The summed E-state index contributed by atoms with van der Waals surface area (Å²) in [5, 5.41) is 3.83. The molecule has 1 amide bonds. The van der Waals surface area contributed by atoms with Crippen molar-refractivity contribution in [3.05, 3.63) is 59.5 Å². The van der Waals surface area contributed by atoms with E-state index in [1.54, 1.807) is 12.3 Å². The SMILES string of the molecule is Nc1cnc(Cl)c(C(=O)Nc2cccc3cccnc23)c1. The summed E-state index contributed by atoms with van der Waals surface area (Å²) in [4.78, 5) is 20.5. The van der Waals surface area contributed by atoms with Crippen molar-refractivity contribution in [1.82, 2.24) is 9.97 Å². The summed E-state index contributed by atoms with van der Waals surface area (Å²) in [6, 6.07) is 10.8. The van der Waals surface area contributed by atoms with E-state index in [0.717, 1.165) is 5.39 Å². The average molecular weight is 299 g/mol. The molecule has 5 nitrogen and oxygen atoms in total. The molecular weight excluding hydrogens is 288 g/mol. The van der Waals surface area contributed by atoms with E-state index >= 15 is 0 Å². The van der Waals surface area contributed by atoms with Gasteiger partial charge >= 0.3 is 0 Å². The molecule has 3 rings (SSSR count). The van der Waals surface area contributed by atoms with E-state index in [1.807, 2.05) is 24.3 Å². The van der Waals surface area contributed by atoms with Gasteiger partial charge in [0.25, 0.3) is 5.91 Å². The van der Waals surface area contributed by atoms with Crippen LogP contribution in [-0.4, -0.2) is 15.9 Å². The summed E-state index contributed by atoms with van der Waals surface area (Å²) in [5.41, 5.74) is 7.56. The number of para-hydroxylation sites is 1. The fourth-order valence-corrected chi connectivity index (χ4v) is 2.21. The number of nitrogen functional groups attached to an aromatic ring is 1. The number of halogens is 1. The molecule has 21 heavy (non-hydrogen) atoms. The van der Waals surface area contributed by atoms with E-state index in [0.29, 0.717) is 16.9 Å². The molecule has 1 aromatic carbocycles. The van der Waals surface area contributed by atoms with E-state index in [2.05, 4.69) is 15.3 Å². The van der Waals surface area contributed by atoms with Gasteiger partial charge in [-0.2, -0.15) is 0 Å². The van der Waals surface area contributed by atoms with Crippen LogP contribution in [0.5, 0.6) is 0 Å². The molecule has 0 radical (unpaired) electrons. The smallest absolute Gasteiger partial charge is 0.258 e. The predicted octanol–water partition coefficient (Wildman–Crippen LogP) is 3.12. The Bertz CT molecular complexity index is 830. The second kappa shape index (κ2) is 5.38. The normalized spacial score (nSPS) is 10.5. The topological polar surface area (TPSA) is 80.9 Å². The molecule has 0 aliphatic carbocycles. The molecule has 2 heterocycles. The maximum absolute atomic E-state index is 12.3. The van der Waals surface area contributed by atoms with Crippen LogP contribution in [0.3, 0.4) is 0 Å². The van der Waals surface area contributed by atoms with Crippen molar-refractivity contribution >= 4 is 39.8 Å². The molecule has 3 N–H and O–H groups in total. The number of nitrogens with zero attached hydrogens (tertiary/aromatic N) is 2. The Morgan fingerprint density at radius 1 is 1.19 bits per heavy atom. The van der Waals surface area contributed by atoms with E-state index in [-0.39, 0.29) is 16.6 Å². The number of anilines is 2. The van der Waals surface area contributed by atoms with Gasteiger partial charge in [0.2, 0.25) is 0 Å². The maximum Gasteiger partial charge on any atom is 0.258 e. The van der Waals surface area contributed by atoms with Gasteiger partial charge in [0.1, 0.15) is 5.15 Å². The molecule has 0 aliphatic rings. The number of carbonyl (C=O) groups is 1. The lowest BCUT2D eigenvalue weighted by molar-refractivity contribution is 0.102. The molecule has 2 aromatic heterocycles. The lowest BCUT2D eigenvalue weighted by atomic mass is 10.2. The molecule has 0 aliphatic heterocycles. The van der Waals surface area contributed by atoms with Crippen LogP contribution in [0.1, 0.15) is 10.4 Å². The van der Waals surface area contributed by atoms with Crippen LogP contribution >= 0.6 is 11.6 Å². The number of nitrogens with one attached hydrogen (secondary N) is 1. The summed E-state index contributed by atoms with van der Waals surface area (Å²) < 4.78 is 0. The van der Waals surface area contributed by atoms with E-state index < -0.39 is 0 Å². The van der Waals surface area contributed by atoms with Gasteiger partial charge in [-0.1, -0.05) is 29.8 Å². The Hall–Kier alpha value is -2.66. The molecule has 0 fully saturated rings. The van der Waals surface area contributed by atoms with Gasteiger partial charge in [-0.05, 0) is 18.2 Å². The summed E-state index contributed by atoms with van der Waals surface area (Å²) in [7, 11) is 0. The van der Waals surface area contributed by atoms with E-state index in [9.17, 15) is 4.79 Å². The van der Waals surface area contributed by atoms with Crippen LogP contribution < -0.4 is 11.1 Å². The molecule has 3 aromatic rings. The summed E-state index contributed by atoms with van der Waals surface area (Å²) in [5.74, 6) is -0.377. The lowest BCUT2D eigenvalue weighted by Gasteiger charge is -2.09. The first-order chi connectivity index (χ1) is 10.1. The molecule has 0 unspecified atom stereocenters. The van der Waals surface area contributed by atoms with Crippen molar-refractivity contribution in [2.45, 2.75) is 0 Å². The Morgan fingerprint density at radius 3 is 2.86 bits per heavy atom. The third-order valence-corrected chi connectivity index (χ3v) is 3.29. The molecule has 6 heteroatoms. The number of amides is 1. The van der Waals surface area contributed by atoms with Crippen molar-refractivity contribution in [2.24, 2.45) is 0 Å². The molecule has 104 valence electrons. The van der Waals surface area contributed by atoms with Crippen molar-refractivity contribution in [2.75, 3.05) is 11.1 Å². The van der Waals surface area contributed by atoms with Gasteiger partial charge in [-0.15, -0.1) is 0 Å². The molecule has 0 saturated heterocycles. The minimum Gasteiger partial charge on any atom is -0.397 e. The number of hydrogen-bond acceptors (Lipinski definition) is 4. The third-order valence-electron chi connectivity index (χ3n) is 2.99. The first kappa shape index (κ1) is 13.3. The fraction of sp³-hybridized carbons (Fsp3) is 0. The molecule has 0 bridgehead atoms. The van der Waals surface area contributed by atoms with Crippen LogP contribution in [0.4, 0.5) is 11.4 Å². The van der Waals surface area contributed by atoms with Crippen LogP contribution in [0.15, 0.2) is 48.8 Å². The Balaban J connectivity index is 1.99. The maximum atomic E-state index is 12.3. The molecule has 0 saturated carbocycles. The number of pyridine rings is 2. The Labute approximate surface area is 125 Å². The highest BCUT2D eigenvalue weighted by Crippen LogP contribution is 2.23. The zero-order chi connectivity index (χ0) is 14.8. The number of hydrogen-bond donors (Lipinski definition) is 2. The summed E-state index contributed by atoms with van der Waals surface area (Å²) >= 11 is 5.93. The number of aromatic nitrogens is 2. The van der Waals surface area contributed by atoms with E-state index in [1.165, 1.54) is 12.3 Å². The second-order valence-corrected chi connectivity index (χ2v) is 4.80. The molecule has 0 atom stereocenters. The predicted molar refractivity (Wildman–Crippen MR) is 83.4 cm³/mol. The standard InChI is InChI=1S/C15H11ClN4O/c16-14-11(7-10(17)8-19-14)15(21)20-12-5-1-3-9-4-2-6-18-13(9)12/h1-8H,17H2,(H,20,21). The number of fused-ring (bicyclic) bond motifs is 1. The van der Waals surface area contributed by atoms with Crippen LogP contribution in [-0.2, 0) is 0 Å². The van der Waals surface area contributed by atoms with Crippen LogP contribution in [0.25, 0.3) is 10.9 Å². The second-order valence-electron chi connectivity index (χ2n) is 4.44. The highest BCUT2D eigenvalue weighted by molar-refractivity contribution is 6.33. The largest absolute Gasteiger partial charge is 0.397 e. The first-order valence-electron chi connectivity index (χ1n) is 6.21. The van der Waals surface area contributed by atoms with Gasteiger partial charge < -0.3 is 11.1 Å². The number of carbonyl (C=O) groups excluding carboxylic acids is 1. The van der Waals surface area contributed by atoms with Gasteiger partial charge in [-0.3, -0.25) is 9.78 Å². The Kier molecular flexibility index (Phi) is 3.41. The number of rotatable bonds is 2. The third kappa shape index (κ3) is 2.64. The van der Waals surface area contributed by atoms with Gasteiger partial charge in [0.05, 0.1) is 28.7 Å². The highest BCUT2D eigenvalue weighted by atomic mass is 35.5.